The molecule has 1 rings (SSSR count). The standard InChI is InChI=1S/C26H48N4O12S2/c1-22-25(29-26(43-22)28-23(2)31)44(33,34)21-3-5-35-7-9-37-11-13-39-15-17-41-19-20-42-18-16-40-14-12-38-10-8-36-6-4-24(32)30-27/h3-21,27H2,1-2H3,(H,30,32)(H,28,29,31). The van der Waals surface area contributed by atoms with Crippen molar-refractivity contribution in [1.82, 2.24) is 10.4 Å². The average Bonchev–Trinajstić information content (AvgIpc) is 3.36. The van der Waals surface area contributed by atoms with Gasteiger partial charge in [-0.25, -0.2) is 19.2 Å². The number of hydrogen-bond acceptors (Lipinski definition) is 15. The normalized spacial score (nSPS) is 11.6. The molecule has 0 spiro atoms. The number of carbonyl (C=O) groups excluding carboxylic acids is 2. The molecular weight excluding hydrogens is 624 g/mol. The van der Waals surface area contributed by atoms with Crippen LogP contribution in [-0.2, 0) is 57.3 Å². The number of nitrogens with one attached hydrogen (secondary N) is 2. The van der Waals surface area contributed by atoms with Gasteiger partial charge >= 0.3 is 0 Å². The Morgan fingerprint density at radius 3 is 1.48 bits per heavy atom. The van der Waals surface area contributed by atoms with Gasteiger partial charge in [-0.15, -0.1) is 11.3 Å². The van der Waals surface area contributed by atoms with E-state index >= 15 is 0 Å². The van der Waals surface area contributed by atoms with Crippen molar-refractivity contribution in [2.45, 2.75) is 31.7 Å². The fourth-order valence-corrected chi connectivity index (χ4v) is 5.88. The molecule has 1 aromatic rings. The second kappa shape index (κ2) is 26.4. The number of anilines is 1. The first-order valence-electron chi connectivity index (χ1n) is 14.4. The molecule has 0 unspecified atom stereocenters. The molecule has 0 aromatic carbocycles. The van der Waals surface area contributed by atoms with Crippen LogP contribution < -0.4 is 16.6 Å². The summed E-state index contributed by atoms with van der Waals surface area (Å²) in [5.74, 6) is 4.30. The van der Waals surface area contributed by atoms with Crippen LogP contribution in [0, 0.1) is 6.92 Å². The van der Waals surface area contributed by atoms with Gasteiger partial charge in [0.2, 0.25) is 11.8 Å². The maximum absolute atomic E-state index is 12.5. The highest BCUT2D eigenvalue weighted by Crippen LogP contribution is 2.26. The van der Waals surface area contributed by atoms with Crippen LogP contribution in [-0.4, -0.2) is 137 Å². The van der Waals surface area contributed by atoms with Gasteiger partial charge in [0.25, 0.3) is 0 Å². The lowest BCUT2D eigenvalue weighted by Gasteiger charge is -2.09. The van der Waals surface area contributed by atoms with Gasteiger partial charge in [-0.05, 0) is 13.3 Å². The molecule has 0 saturated heterocycles. The highest BCUT2D eigenvalue weighted by Gasteiger charge is 2.22. The van der Waals surface area contributed by atoms with Crippen molar-refractivity contribution in [2.24, 2.45) is 5.84 Å². The number of sulfone groups is 1. The monoisotopic (exact) mass is 672 g/mol. The Hall–Kier alpha value is -1.84. The second-order valence-electron chi connectivity index (χ2n) is 8.95. The molecule has 4 N–H and O–H groups in total. The van der Waals surface area contributed by atoms with Crippen LogP contribution in [0.15, 0.2) is 5.03 Å². The molecule has 0 aliphatic carbocycles. The Morgan fingerprint density at radius 2 is 1.09 bits per heavy atom. The molecule has 44 heavy (non-hydrogen) atoms. The Kier molecular flexibility index (Phi) is 24.1. The SMILES string of the molecule is CC(=O)Nc1nc(S(=O)(=O)CCCOCCOCCOCCOCCOCCOCCOCCOCCC(=O)NN)c(C)s1. The average molecular weight is 673 g/mol. The molecule has 16 nitrogen and oxygen atoms in total. The number of thiazole rings is 1. The number of ether oxygens (including phenoxy) is 8. The first kappa shape index (κ1) is 40.2. The van der Waals surface area contributed by atoms with Gasteiger partial charge in [0, 0.05) is 18.4 Å². The number of rotatable bonds is 30. The zero-order chi connectivity index (χ0) is 32.3. The van der Waals surface area contributed by atoms with Crippen LogP contribution in [0.5, 0.6) is 0 Å². The maximum Gasteiger partial charge on any atom is 0.236 e. The molecule has 0 fully saturated rings. The number of aryl methyl sites for hydroxylation is 1. The summed E-state index contributed by atoms with van der Waals surface area (Å²) in [6.07, 6.45) is 0.543. The van der Waals surface area contributed by atoms with Gasteiger partial charge in [-0.2, -0.15) is 0 Å². The first-order valence-corrected chi connectivity index (χ1v) is 16.8. The van der Waals surface area contributed by atoms with Crippen LogP contribution in [0.2, 0.25) is 0 Å². The summed E-state index contributed by atoms with van der Waals surface area (Å²) in [5.41, 5.74) is 2.03. The minimum atomic E-state index is -3.55. The van der Waals surface area contributed by atoms with Crippen molar-refractivity contribution in [3.8, 4) is 0 Å². The summed E-state index contributed by atoms with van der Waals surface area (Å²) in [6, 6.07) is 0. The Balaban J connectivity index is 1.79. The molecular formula is C26H48N4O12S2. The number of carbonyl (C=O) groups is 2. The van der Waals surface area contributed by atoms with E-state index in [2.05, 4.69) is 10.3 Å². The van der Waals surface area contributed by atoms with Gasteiger partial charge in [-0.3, -0.25) is 15.0 Å². The van der Waals surface area contributed by atoms with E-state index in [1.54, 1.807) is 6.92 Å². The van der Waals surface area contributed by atoms with E-state index in [4.69, 9.17) is 43.7 Å². The molecule has 0 radical (unpaired) electrons. The summed E-state index contributed by atoms with van der Waals surface area (Å²) in [5, 5.41) is 2.78. The smallest absolute Gasteiger partial charge is 0.236 e. The Bertz CT molecular complexity index is 998. The molecule has 1 aromatic heterocycles. The maximum atomic E-state index is 12.5. The molecule has 2 amide bonds. The third-order valence-electron chi connectivity index (χ3n) is 5.27. The van der Waals surface area contributed by atoms with E-state index in [0.29, 0.717) is 110 Å². The number of nitrogens with zero attached hydrogens (tertiary/aromatic N) is 1. The van der Waals surface area contributed by atoms with Crippen molar-refractivity contribution in [1.29, 1.82) is 0 Å². The predicted octanol–water partition coefficient (Wildman–Crippen LogP) is 0.0865. The van der Waals surface area contributed by atoms with Crippen molar-refractivity contribution >= 4 is 38.1 Å². The topological polar surface area (TPSA) is 205 Å². The third kappa shape index (κ3) is 21.8. The van der Waals surface area contributed by atoms with E-state index < -0.39 is 9.84 Å². The zero-order valence-electron chi connectivity index (χ0n) is 25.7. The zero-order valence-corrected chi connectivity index (χ0v) is 27.3. The van der Waals surface area contributed by atoms with Crippen LogP contribution in [0.4, 0.5) is 5.13 Å². The molecule has 256 valence electrons. The number of hydrogen-bond donors (Lipinski definition) is 3. The van der Waals surface area contributed by atoms with Crippen molar-refractivity contribution in [2.75, 3.05) is 117 Å². The summed E-state index contributed by atoms with van der Waals surface area (Å²) in [4.78, 5) is 26.6. The predicted molar refractivity (Wildman–Crippen MR) is 161 cm³/mol. The highest BCUT2D eigenvalue weighted by molar-refractivity contribution is 7.91. The molecule has 0 saturated carbocycles. The lowest BCUT2D eigenvalue weighted by Crippen LogP contribution is -2.30. The van der Waals surface area contributed by atoms with Gasteiger partial charge in [-0.1, -0.05) is 0 Å². The van der Waals surface area contributed by atoms with E-state index in [0.717, 1.165) is 11.3 Å². The first-order chi connectivity index (χ1) is 21.3. The summed E-state index contributed by atoms with van der Waals surface area (Å²) >= 11 is 1.13. The number of aromatic nitrogens is 1. The van der Waals surface area contributed by atoms with Crippen molar-refractivity contribution < 1.29 is 55.9 Å². The van der Waals surface area contributed by atoms with Gasteiger partial charge in [0.05, 0.1) is 111 Å². The van der Waals surface area contributed by atoms with Gasteiger partial charge < -0.3 is 43.2 Å². The van der Waals surface area contributed by atoms with Crippen LogP contribution in [0.25, 0.3) is 0 Å². The van der Waals surface area contributed by atoms with Crippen molar-refractivity contribution in [3.63, 3.8) is 0 Å². The number of amides is 2. The summed E-state index contributed by atoms with van der Waals surface area (Å²) in [7, 11) is -3.55. The van der Waals surface area contributed by atoms with Gasteiger partial charge in [0.1, 0.15) is 0 Å². The fraction of sp³-hybridized carbons (Fsp3) is 0.808. The fourth-order valence-electron chi connectivity index (χ4n) is 3.20. The largest absolute Gasteiger partial charge is 0.379 e. The van der Waals surface area contributed by atoms with E-state index in [-0.39, 0.29) is 40.8 Å². The van der Waals surface area contributed by atoms with Crippen LogP contribution in [0.3, 0.4) is 0 Å². The Morgan fingerprint density at radius 1 is 0.705 bits per heavy atom. The van der Waals surface area contributed by atoms with Crippen LogP contribution in [0.1, 0.15) is 24.6 Å². The molecule has 0 atom stereocenters. The Labute approximate surface area is 263 Å². The number of hydrazine groups is 1. The molecule has 0 bridgehead atoms. The lowest BCUT2D eigenvalue weighted by atomic mass is 10.4. The molecule has 0 aliphatic rings. The molecule has 18 heteroatoms. The minimum absolute atomic E-state index is 0.00213. The highest BCUT2D eigenvalue weighted by atomic mass is 32.2. The van der Waals surface area contributed by atoms with E-state index in [9.17, 15) is 18.0 Å². The van der Waals surface area contributed by atoms with E-state index in [1.165, 1.54) is 6.92 Å². The quantitative estimate of drug-likeness (QED) is 0.0429. The third-order valence-corrected chi connectivity index (χ3v) is 8.10. The lowest BCUT2D eigenvalue weighted by molar-refractivity contribution is -0.122. The summed E-state index contributed by atoms with van der Waals surface area (Å²) < 4.78 is 68.2. The molecule has 0 aliphatic heterocycles. The molecule has 1 heterocycles. The van der Waals surface area contributed by atoms with Crippen molar-refractivity contribution in [3.05, 3.63) is 4.88 Å². The van der Waals surface area contributed by atoms with Gasteiger partial charge in [0.15, 0.2) is 20.0 Å². The number of nitrogens with two attached hydrogens (primary N) is 1. The second-order valence-corrected chi connectivity index (χ2v) is 12.2. The summed E-state index contributed by atoms with van der Waals surface area (Å²) in [6.45, 7) is 9.57. The minimum Gasteiger partial charge on any atom is -0.379 e. The van der Waals surface area contributed by atoms with E-state index in [1.807, 2.05) is 5.43 Å². The van der Waals surface area contributed by atoms with Crippen LogP contribution >= 0.6 is 11.3 Å².